The number of aromatic carboxylic acids is 1. The summed E-state index contributed by atoms with van der Waals surface area (Å²) in [6, 6.07) is 13.4. The molecule has 0 spiro atoms. The summed E-state index contributed by atoms with van der Waals surface area (Å²) in [5.41, 5.74) is 1.72. The molecule has 1 aliphatic heterocycles. The topological polar surface area (TPSA) is 76.0 Å². The lowest BCUT2D eigenvalue weighted by Crippen LogP contribution is -2.05. The fraction of sp³-hybridized carbons (Fsp3) is 0. The number of halogens is 1. The van der Waals surface area contributed by atoms with Crippen molar-refractivity contribution in [3.63, 3.8) is 0 Å². The predicted octanol–water partition coefficient (Wildman–Crippen LogP) is 3.49. The van der Waals surface area contributed by atoms with Crippen LogP contribution in [0.4, 0.5) is 0 Å². The van der Waals surface area contributed by atoms with Gasteiger partial charge in [-0.2, -0.15) is 0 Å². The van der Waals surface area contributed by atoms with Crippen molar-refractivity contribution < 1.29 is 19.4 Å². The molecule has 0 saturated carbocycles. The Kier molecular flexibility index (Phi) is 4.08. The van der Waals surface area contributed by atoms with Gasteiger partial charge in [-0.25, -0.2) is 14.6 Å². The lowest BCUT2D eigenvalue weighted by atomic mass is 10.1. The zero-order valence-electron chi connectivity index (χ0n) is 11.7. The maximum Gasteiger partial charge on any atom is 0.363 e. The summed E-state index contributed by atoms with van der Waals surface area (Å²) in [6.07, 6.45) is 1.56. The van der Waals surface area contributed by atoms with Crippen molar-refractivity contribution in [3.8, 4) is 0 Å². The zero-order valence-corrected chi connectivity index (χ0v) is 13.3. The van der Waals surface area contributed by atoms with Gasteiger partial charge in [-0.3, -0.25) is 0 Å². The number of cyclic esters (lactones) is 1. The quantitative estimate of drug-likeness (QED) is 0.661. The van der Waals surface area contributed by atoms with E-state index in [2.05, 4.69) is 20.9 Å². The van der Waals surface area contributed by atoms with Gasteiger partial charge in [0.25, 0.3) is 0 Å². The van der Waals surface area contributed by atoms with Crippen LogP contribution in [0.15, 0.2) is 63.7 Å². The molecule has 1 heterocycles. The fourth-order valence-electron chi connectivity index (χ4n) is 2.00. The summed E-state index contributed by atoms with van der Waals surface area (Å²) in [5, 5.41) is 8.87. The lowest BCUT2D eigenvalue weighted by molar-refractivity contribution is -0.129. The van der Waals surface area contributed by atoms with Gasteiger partial charge in [0, 0.05) is 10.0 Å². The van der Waals surface area contributed by atoms with Crippen molar-refractivity contribution in [2.24, 2.45) is 4.99 Å². The highest BCUT2D eigenvalue weighted by Crippen LogP contribution is 2.20. The Morgan fingerprint density at radius 3 is 2.35 bits per heavy atom. The van der Waals surface area contributed by atoms with Gasteiger partial charge >= 0.3 is 11.9 Å². The third kappa shape index (κ3) is 3.37. The van der Waals surface area contributed by atoms with Crippen molar-refractivity contribution in [3.05, 3.63) is 75.4 Å². The summed E-state index contributed by atoms with van der Waals surface area (Å²) >= 11 is 3.34. The van der Waals surface area contributed by atoms with E-state index in [1.54, 1.807) is 30.3 Å². The molecule has 0 atom stereocenters. The minimum Gasteiger partial charge on any atom is -0.478 e. The molecule has 0 unspecified atom stereocenters. The average molecular weight is 372 g/mol. The van der Waals surface area contributed by atoms with E-state index in [-0.39, 0.29) is 17.2 Å². The number of nitrogens with zero attached hydrogens (tertiary/aromatic N) is 1. The molecule has 0 aliphatic carbocycles. The highest BCUT2D eigenvalue weighted by Gasteiger charge is 2.24. The van der Waals surface area contributed by atoms with E-state index in [0.29, 0.717) is 11.1 Å². The molecule has 2 aromatic carbocycles. The van der Waals surface area contributed by atoms with Crippen molar-refractivity contribution in [1.29, 1.82) is 0 Å². The molecule has 0 radical (unpaired) electrons. The third-order valence-electron chi connectivity index (χ3n) is 3.17. The van der Waals surface area contributed by atoms with Gasteiger partial charge in [-0.05, 0) is 48.0 Å². The molecule has 3 rings (SSSR count). The van der Waals surface area contributed by atoms with Gasteiger partial charge in [-0.15, -0.1) is 0 Å². The monoisotopic (exact) mass is 371 g/mol. The van der Waals surface area contributed by atoms with E-state index in [4.69, 9.17) is 9.84 Å². The van der Waals surface area contributed by atoms with Crippen LogP contribution in [0.2, 0.25) is 0 Å². The number of carbonyl (C=O) groups excluding carboxylic acids is 1. The van der Waals surface area contributed by atoms with E-state index < -0.39 is 11.9 Å². The number of hydrogen-bond donors (Lipinski definition) is 1. The first kappa shape index (κ1) is 15.2. The van der Waals surface area contributed by atoms with Crippen LogP contribution < -0.4 is 0 Å². The number of carbonyl (C=O) groups is 2. The van der Waals surface area contributed by atoms with Gasteiger partial charge in [0.1, 0.15) is 0 Å². The second-order valence-electron chi connectivity index (χ2n) is 4.77. The van der Waals surface area contributed by atoms with E-state index in [0.717, 1.165) is 4.47 Å². The molecule has 114 valence electrons. The van der Waals surface area contributed by atoms with Crippen molar-refractivity contribution in [1.82, 2.24) is 0 Å². The van der Waals surface area contributed by atoms with Crippen LogP contribution in [0.5, 0.6) is 0 Å². The molecule has 5 nitrogen and oxygen atoms in total. The number of rotatable bonds is 3. The lowest BCUT2D eigenvalue weighted by Gasteiger charge is -1.98. The molecule has 23 heavy (non-hydrogen) atoms. The van der Waals surface area contributed by atoms with Gasteiger partial charge in [0.15, 0.2) is 5.70 Å². The molecular formula is C17H10BrNO4. The normalized spacial score (nSPS) is 15.4. The van der Waals surface area contributed by atoms with Crippen LogP contribution in [0.25, 0.3) is 6.08 Å². The van der Waals surface area contributed by atoms with E-state index >= 15 is 0 Å². The Labute approximate surface area is 140 Å². The Balaban J connectivity index is 1.88. The molecule has 0 bridgehead atoms. The van der Waals surface area contributed by atoms with Crippen molar-refractivity contribution >= 4 is 39.8 Å². The SMILES string of the molecule is O=C1OC(c2ccc(Br)cc2)=N/C1=C/c1ccc(C(=O)O)cc1. The summed E-state index contributed by atoms with van der Waals surface area (Å²) < 4.78 is 6.08. The average Bonchev–Trinajstić information content (AvgIpc) is 2.89. The largest absolute Gasteiger partial charge is 0.478 e. The molecule has 0 amide bonds. The first-order chi connectivity index (χ1) is 11.0. The first-order valence-corrected chi connectivity index (χ1v) is 7.44. The zero-order chi connectivity index (χ0) is 16.4. The molecule has 1 aliphatic rings. The van der Waals surface area contributed by atoms with Gasteiger partial charge in [0.2, 0.25) is 5.90 Å². The van der Waals surface area contributed by atoms with E-state index in [1.807, 2.05) is 12.1 Å². The molecule has 0 aromatic heterocycles. The van der Waals surface area contributed by atoms with Gasteiger partial charge in [-0.1, -0.05) is 28.1 Å². The third-order valence-corrected chi connectivity index (χ3v) is 3.70. The highest BCUT2D eigenvalue weighted by molar-refractivity contribution is 9.10. The summed E-state index contributed by atoms with van der Waals surface area (Å²) in [5.74, 6) is -1.29. The molecular weight excluding hydrogens is 362 g/mol. The number of ether oxygens (including phenoxy) is 1. The summed E-state index contributed by atoms with van der Waals surface area (Å²) in [4.78, 5) is 26.9. The molecule has 2 aromatic rings. The molecule has 1 N–H and O–H groups in total. The number of hydrogen-bond acceptors (Lipinski definition) is 4. The second kappa shape index (κ2) is 6.18. The Morgan fingerprint density at radius 2 is 1.74 bits per heavy atom. The number of carboxylic acids is 1. The van der Waals surface area contributed by atoms with Gasteiger partial charge < -0.3 is 9.84 Å². The summed E-state index contributed by atoms with van der Waals surface area (Å²) in [7, 11) is 0. The molecule has 6 heteroatoms. The number of esters is 1. The molecule has 0 saturated heterocycles. The Hall–Kier alpha value is -2.73. The number of carboxylic acid groups (broad SMARTS) is 1. The minimum absolute atomic E-state index is 0.172. The fourth-order valence-corrected chi connectivity index (χ4v) is 2.27. The van der Waals surface area contributed by atoms with E-state index in [9.17, 15) is 9.59 Å². The maximum atomic E-state index is 11.9. The number of aliphatic imine (C=N–C) groups is 1. The predicted molar refractivity (Wildman–Crippen MR) is 88.1 cm³/mol. The second-order valence-corrected chi connectivity index (χ2v) is 5.69. The standard InChI is InChI=1S/C17H10BrNO4/c18-13-7-5-11(6-8-13)15-19-14(17(22)23-15)9-10-1-3-12(4-2-10)16(20)21/h1-9H,(H,20,21)/b14-9+. The first-order valence-electron chi connectivity index (χ1n) is 6.65. The maximum absolute atomic E-state index is 11.9. The van der Waals surface area contributed by atoms with Crippen LogP contribution in [0, 0.1) is 0 Å². The Morgan fingerprint density at radius 1 is 1.09 bits per heavy atom. The van der Waals surface area contributed by atoms with E-state index in [1.165, 1.54) is 12.1 Å². The smallest absolute Gasteiger partial charge is 0.363 e. The highest BCUT2D eigenvalue weighted by atomic mass is 79.9. The van der Waals surface area contributed by atoms with Crippen LogP contribution in [0.1, 0.15) is 21.5 Å². The van der Waals surface area contributed by atoms with Crippen LogP contribution in [-0.2, 0) is 9.53 Å². The van der Waals surface area contributed by atoms with Crippen molar-refractivity contribution in [2.45, 2.75) is 0 Å². The van der Waals surface area contributed by atoms with Crippen LogP contribution in [-0.4, -0.2) is 22.9 Å². The minimum atomic E-state index is -1.000. The number of benzene rings is 2. The van der Waals surface area contributed by atoms with Crippen molar-refractivity contribution in [2.75, 3.05) is 0 Å². The van der Waals surface area contributed by atoms with Crippen LogP contribution in [0.3, 0.4) is 0 Å². The molecule has 0 fully saturated rings. The van der Waals surface area contributed by atoms with Crippen LogP contribution >= 0.6 is 15.9 Å². The van der Waals surface area contributed by atoms with Gasteiger partial charge in [0.05, 0.1) is 5.56 Å². The summed E-state index contributed by atoms with van der Waals surface area (Å²) in [6.45, 7) is 0. The Bertz CT molecular complexity index is 836.